The fourth-order valence-electron chi connectivity index (χ4n) is 0.673. The maximum atomic E-state index is 10.6. The molecule has 0 radical (unpaired) electrons. The topological polar surface area (TPSA) is 17.1 Å². The Morgan fingerprint density at radius 1 is 1.07 bits per heavy atom. The molecule has 0 bridgehead atoms. The first-order valence-corrected chi connectivity index (χ1v) is 5.28. The van der Waals surface area contributed by atoms with E-state index in [2.05, 4.69) is 13.8 Å². The Bertz CT molecular complexity index is 214. The van der Waals surface area contributed by atoms with Crippen LogP contribution >= 0.6 is 0 Å². The summed E-state index contributed by atoms with van der Waals surface area (Å²) in [6.45, 7) is 9.81. The van der Waals surface area contributed by atoms with E-state index in [1.807, 2.05) is 44.2 Å². The van der Waals surface area contributed by atoms with Crippen LogP contribution in [0.3, 0.4) is 0 Å². The minimum atomic E-state index is 0.121. The molecule has 0 unspecified atom stereocenters. The van der Waals surface area contributed by atoms with Crippen LogP contribution in [0.15, 0.2) is 30.3 Å². The average Bonchev–Trinajstić information content (AvgIpc) is 2.23. The summed E-state index contributed by atoms with van der Waals surface area (Å²) < 4.78 is 0. The van der Waals surface area contributed by atoms with Gasteiger partial charge in [-0.1, -0.05) is 64.4 Å². The fourth-order valence-corrected chi connectivity index (χ4v) is 0.673. The van der Waals surface area contributed by atoms with Crippen molar-refractivity contribution in [2.24, 2.45) is 0 Å². The zero-order valence-electron chi connectivity index (χ0n) is 10.0. The highest BCUT2D eigenvalue weighted by Crippen LogP contribution is 1.97. The van der Waals surface area contributed by atoms with Gasteiger partial charge in [0.1, 0.15) is 0 Å². The number of hydrogen-bond acceptors (Lipinski definition) is 1. The SMILES string of the molecule is CC.CC(=O)c1ccccc1.CCC. The molecule has 1 aromatic carbocycles. The molecule has 1 rings (SSSR count). The molecule has 14 heavy (non-hydrogen) atoms. The summed E-state index contributed by atoms with van der Waals surface area (Å²) in [6, 6.07) is 9.23. The van der Waals surface area contributed by atoms with Crippen molar-refractivity contribution < 1.29 is 4.79 Å². The molecule has 0 heterocycles. The van der Waals surface area contributed by atoms with Crippen molar-refractivity contribution in [3.63, 3.8) is 0 Å². The molecule has 0 aliphatic rings. The summed E-state index contributed by atoms with van der Waals surface area (Å²) in [5.41, 5.74) is 0.775. The Labute approximate surface area is 88.2 Å². The second-order valence-corrected chi connectivity index (χ2v) is 2.63. The van der Waals surface area contributed by atoms with Crippen molar-refractivity contribution in [3.05, 3.63) is 35.9 Å². The van der Waals surface area contributed by atoms with Gasteiger partial charge < -0.3 is 0 Å². The van der Waals surface area contributed by atoms with Gasteiger partial charge in [0.05, 0.1) is 0 Å². The van der Waals surface area contributed by atoms with Gasteiger partial charge in [-0.2, -0.15) is 0 Å². The highest BCUT2D eigenvalue weighted by Gasteiger charge is 1.92. The standard InChI is InChI=1S/C8H8O.C3H8.C2H6/c1-7(9)8-5-3-2-4-6-8;1-3-2;1-2/h2-6H,1H3;3H2,1-2H3;1-2H3. The monoisotopic (exact) mass is 194 g/mol. The fraction of sp³-hybridized carbons (Fsp3) is 0.462. The van der Waals surface area contributed by atoms with Crippen LogP contribution in [0.2, 0.25) is 0 Å². The third-order valence-corrected chi connectivity index (χ3v) is 1.18. The second-order valence-electron chi connectivity index (χ2n) is 2.63. The third kappa shape index (κ3) is 8.98. The number of carbonyl (C=O) groups is 1. The molecule has 0 spiro atoms. The Morgan fingerprint density at radius 3 is 1.64 bits per heavy atom. The first kappa shape index (κ1) is 15.4. The Morgan fingerprint density at radius 2 is 1.43 bits per heavy atom. The van der Waals surface area contributed by atoms with Crippen LogP contribution in [0.25, 0.3) is 0 Å². The molecule has 1 aromatic rings. The van der Waals surface area contributed by atoms with E-state index >= 15 is 0 Å². The van der Waals surface area contributed by atoms with Crippen LogP contribution in [0.5, 0.6) is 0 Å². The molecule has 0 aliphatic heterocycles. The largest absolute Gasteiger partial charge is 0.295 e. The Hall–Kier alpha value is -1.11. The second kappa shape index (κ2) is 11.9. The van der Waals surface area contributed by atoms with Crippen molar-refractivity contribution in [2.75, 3.05) is 0 Å². The molecule has 0 saturated heterocycles. The molecule has 0 aromatic heterocycles. The lowest BCUT2D eigenvalue weighted by atomic mass is 10.2. The van der Waals surface area contributed by atoms with Gasteiger partial charge in [-0.15, -0.1) is 0 Å². The van der Waals surface area contributed by atoms with Gasteiger partial charge in [-0.05, 0) is 6.92 Å². The Balaban J connectivity index is 0. The number of ketones is 1. The summed E-state index contributed by atoms with van der Waals surface area (Å²) in [5, 5.41) is 0. The van der Waals surface area contributed by atoms with Gasteiger partial charge >= 0.3 is 0 Å². The van der Waals surface area contributed by atoms with Crippen molar-refractivity contribution >= 4 is 5.78 Å². The number of hydrogen-bond donors (Lipinski definition) is 0. The number of rotatable bonds is 1. The summed E-state index contributed by atoms with van der Waals surface area (Å²) in [6.07, 6.45) is 1.25. The van der Waals surface area contributed by atoms with E-state index in [1.54, 1.807) is 6.92 Å². The first-order chi connectivity index (χ1) is 6.72. The van der Waals surface area contributed by atoms with Gasteiger partial charge in [0.2, 0.25) is 0 Å². The van der Waals surface area contributed by atoms with Crippen LogP contribution in [0, 0.1) is 0 Å². The van der Waals surface area contributed by atoms with Crippen LogP contribution in [-0.4, -0.2) is 5.78 Å². The number of Topliss-reactive ketones (excluding diaryl/α,β-unsaturated/α-hetero) is 1. The highest BCUT2D eigenvalue weighted by molar-refractivity contribution is 5.93. The van der Waals surface area contributed by atoms with Crippen molar-refractivity contribution in [1.82, 2.24) is 0 Å². The third-order valence-electron chi connectivity index (χ3n) is 1.18. The zero-order chi connectivity index (χ0) is 11.4. The number of benzene rings is 1. The van der Waals surface area contributed by atoms with Crippen molar-refractivity contribution in [1.29, 1.82) is 0 Å². The van der Waals surface area contributed by atoms with Crippen LogP contribution in [0.1, 0.15) is 51.4 Å². The molecule has 80 valence electrons. The minimum Gasteiger partial charge on any atom is -0.295 e. The van der Waals surface area contributed by atoms with Gasteiger partial charge in [0, 0.05) is 5.56 Å². The smallest absolute Gasteiger partial charge is 0.159 e. The summed E-state index contributed by atoms with van der Waals surface area (Å²) >= 11 is 0. The van der Waals surface area contributed by atoms with Crippen molar-refractivity contribution in [3.8, 4) is 0 Å². The number of carbonyl (C=O) groups excluding carboxylic acids is 1. The molecule has 0 atom stereocenters. The molecule has 0 N–H and O–H groups in total. The van der Waals surface area contributed by atoms with Crippen molar-refractivity contribution in [2.45, 2.75) is 41.0 Å². The summed E-state index contributed by atoms with van der Waals surface area (Å²) in [7, 11) is 0. The Kier molecular flexibility index (Phi) is 13.1. The van der Waals surface area contributed by atoms with Crippen LogP contribution in [-0.2, 0) is 0 Å². The molecule has 0 amide bonds. The predicted molar refractivity (Wildman–Crippen MR) is 63.8 cm³/mol. The molecule has 1 nitrogen and oxygen atoms in total. The van der Waals surface area contributed by atoms with Gasteiger partial charge in [-0.25, -0.2) is 0 Å². The maximum Gasteiger partial charge on any atom is 0.159 e. The van der Waals surface area contributed by atoms with Gasteiger partial charge in [0.25, 0.3) is 0 Å². The molecular formula is C13H22O. The zero-order valence-corrected chi connectivity index (χ0v) is 10.0. The maximum absolute atomic E-state index is 10.6. The van der Waals surface area contributed by atoms with E-state index in [0.29, 0.717) is 0 Å². The van der Waals surface area contributed by atoms with E-state index in [0.717, 1.165) is 5.56 Å². The average molecular weight is 194 g/mol. The van der Waals surface area contributed by atoms with E-state index in [4.69, 9.17) is 0 Å². The molecule has 0 fully saturated rings. The molecule has 0 aliphatic carbocycles. The van der Waals surface area contributed by atoms with Crippen LogP contribution in [0.4, 0.5) is 0 Å². The van der Waals surface area contributed by atoms with E-state index in [-0.39, 0.29) is 5.78 Å². The lowest BCUT2D eigenvalue weighted by molar-refractivity contribution is 0.101. The van der Waals surface area contributed by atoms with E-state index < -0.39 is 0 Å². The predicted octanol–water partition coefficient (Wildman–Crippen LogP) is 4.33. The first-order valence-electron chi connectivity index (χ1n) is 5.28. The van der Waals surface area contributed by atoms with E-state index in [9.17, 15) is 4.79 Å². The summed E-state index contributed by atoms with van der Waals surface area (Å²) in [4.78, 5) is 10.6. The minimum absolute atomic E-state index is 0.121. The lowest BCUT2D eigenvalue weighted by Gasteiger charge is -1.89. The summed E-state index contributed by atoms with van der Waals surface area (Å²) in [5.74, 6) is 0.121. The highest BCUT2D eigenvalue weighted by atomic mass is 16.1. The normalized spacial score (nSPS) is 7.50. The van der Waals surface area contributed by atoms with E-state index in [1.165, 1.54) is 6.42 Å². The lowest BCUT2D eigenvalue weighted by Crippen LogP contribution is -1.88. The molecular weight excluding hydrogens is 172 g/mol. The molecule has 1 heteroatoms. The molecule has 0 saturated carbocycles. The van der Waals surface area contributed by atoms with Gasteiger partial charge in [-0.3, -0.25) is 4.79 Å². The quantitative estimate of drug-likeness (QED) is 0.608. The van der Waals surface area contributed by atoms with Crippen LogP contribution < -0.4 is 0 Å². The van der Waals surface area contributed by atoms with Gasteiger partial charge in [0.15, 0.2) is 5.78 Å².